The molecule has 2 heterocycles. The fraction of sp³-hybridized carbons (Fsp3) is 0.360. The van der Waals surface area contributed by atoms with Crippen LogP contribution < -0.4 is 11.5 Å². The fourth-order valence-corrected chi connectivity index (χ4v) is 3.65. The highest BCUT2D eigenvalue weighted by Gasteiger charge is 2.21. The third-order valence-corrected chi connectivity index (χ3v) is 5.89. The number of aromatic nitrogens is 2. The summed E-state index contributed by atoms with van der Waals surface area (Å²) in [6, 6.07) is 16.1. The molecule has 9 heteroatoms. The minimum Gasteiger partial charge on any atom is -0.399 e. The van der Waals surface area contributed by atoms with Crippen LogP contribution in [0.5, 0.6) is 0 Å². The summed E-state index contributed by atoms with van der Waals surface area (Å²) < 4.78 is 2.18. The first kappa shape index (κ1) is 25.4. The average Bonchev–Trinajstić information content (AvgIpc) is 3.30. The summed E-state index contributed by atoms with van der Waals surface area (Å²) in [5.41, 5.74) is 16.5. The van der Waals surface area contributed by atoms with E-state index in [1.165, 1.54) is 22.4 Å². The molecule has 0 fully saturated rings. The zero-order valence-corrected chi connectivity index (χ0v) is 19.1. The van der Waals surface area contributed by atoms with Crippen LogP contribution in [0.25, 0.3) is 0 Å². The van der Waals surface area contributed by atoms with E-state index >= 15 is 0 Å². The Hall–Kier alpha value is -3.26. The SMILES string of the molecule is N#Cc1ccc(Cn2cncc2CN2CCc3ccc(N)cc3C2)cc1.NC(CO)(CO)CO. The van der Waals surface area contributed by atoms with Gasteiger partial charge in [0.25, 0.3) is 0 Å². The number of aliphatic hydroxyl groups is 3. The van der Waals surface area contributed by atoms with Crippen molar-refractivity contribution in [3.63, 3.8) is 0 Å². The Kier molecular flexibility index (Phi) is 8.76. The maximum Gasteiger partial charge on any atom is 0.0991 e. The van der Waals surface area contributed by atoms with Gasteiger partial charge in [0, 0.05) is 38.1 Å². The average molecular weight is 465 g/mol. The minimum atomic E-state index is -1.21. The van der Waals surface area contributed by atoms with Crippen LogP contribution in [-0.4, -0.2) is 61.7 Å². The maximum absolute atomic E-state index is 8.92. The molecule has 180 valence electrons. The van der Waals surface area contributed by atoms with Crippen molar-refractivity contribution in [3.05, 3.63) is 82.9 Å². The van der Waals surface area contributed by atoms with E-state index in [9.17, 15) is 0 Å². The third kappa shape index (κ3) is 6.63. The minimum absolute atomic E-state index is 0.403. The zero-order valence-electron chi connectivity index (χ0n) is 19.1. The summed E-state index contributed by atoms with van der Waals surface area (Å²) in [6.07, 6.45) is 4.88. The lowest BCUT2D eigenvalue weighted by atomic mass is 9.99. The van der Waals surface area contributed by atoms with Gasteiger partial charge in [0.05, 0.1) is 49.0 Å². The number of aliphatic hydroxyl groups excluding tert-OH is 3. The first-order valence-electron chi connectivity index (χ1n) is 11.1. The first-order chi connectivity index (χ1) is 16.4. The standard InChI is InChI=1S/C21H21N5.C4H11NO3/c22-10-16-1-3-17(4-2-16)12-26-15-24-11-21(26)14-25-8-7-18-5-6-20(23)9-19(18)13-25;5-4(1-6,2-7)3-8/h1-6,9,11,15H,7-8,12-14,23H2;6-8H,1-3,5H2. The number of hydrogen-bond acceptors (Lipinski definition) is 8. The van der Waals surface area contributed by atoms with Crippen molar-refractivity contribution in [2.45, 2.75) is 31.6 Å². The van der Waals surface area contributed by atoms with Gasteiger partial charge >= 0.3 is 0 Å². The van der Waals surface area contributed by atoms with E-state index in [1.807, 2.05) is 42.9 Å². The van der Waals surface area contributed by atoms with Gasteiger partial charge in [-0.3, -0.25) is 4.90 Å². The molecule has 2 aromatic carbocycles. The number of benzene rings is 2. The number of nitriles is 1. The molecule has 0 saturated heterocycles. The topological polar surface area (TPSA) is 158 Å². The number of rotatable bonds is 7. The number of nitrogens with zero attached hydrogens (tertiary/aromatic N) is 4. The maximum atomic E-state index is 8.92. The molecule has 0 spiro atoms. The Bertz CT molecular complexity index is 1090. The van der Waals surface area contributed by atoms with Crippen molar-refractivity contribution in [1.82, 2.24) is 14.5 Å². The van der Waals surface area contributed by atoms with Crippen LogP contribution in [0.3, 0.4) is 0 Å². The Morgan fingerprint density at radius 1 is 1.00 bits per heavy atom. The molecule has 1 aromatic heterocycles. The second kappa shape index (κ2) is 11.7. The molecule has 1 aliphatic heterocycles. The van der Waals surface area contributed by atoms with Crippen LogP contribution in [-0.2, 0) is 26.1 Å². The lowest BCUT2D eigenvalue weighted by molar-refractivity contribution is 0.0698. The summed E-state index contributed by atoms with van der Waals surface area (Å²) in [5.74, 6) is 0. The predicted molar refractivity (Wildman–Crippen MR) is 129 cm³/mol. The van der Waals surface area contributed by atoms with Gasteiger partial charge in [-0.1, -0.05) is 18.2 Å². The summed E-state index contributed by atoms with van der Waals surface area (Å²) in [6.45, 7) is 2.38. The van der Waals surface area contributed by atoms with Crippen LogP contribution in [0.4, 0.5) is 5.69 Å². The van der Waals surface area contributed by atoms with Gasteiger partial charge in [-0.05, 0) is 47.4 Å². The van der Waals surface area contributed by atoms with Crippen LogP contribution in [0.15, 0.2) is 55.0 Å². The number of imidazole rings is 1. The molecule has 34 heavy (non-hydrogen) atoms. The van der Waals surface area contributed by atoms with E-state index < -0.39 is 25.4 Å². The molecular formula is C25H32N6O3. The molecule has 4 rings (SSSR count). The van der Waals surface area contributed by atoms with Gasteiger partial charge in [-0.2, -0.15) is 5.26 Å². The molecular weight excluding hydrogens is 432 g/mol. The van der Waals surface area contributed by atoms with Gasteiger partial charge < -0.3 is 31.4 Å². The van der Waals surface area contributed by atoms with Crippen molar-refractivity contribution in [2.24, 2.45) is 5.73 Å². The fourth-order valence-electron chi connectivity index (χ4n) is 3.65. The molecule has 0 atom stereocenters. The van der Waals surface area contributed by atoms with Crippen LogP contribution in [0.2, 0.25) is 0 Å². The Morgan fingerprint density at radius 2 is 1.71 bits per heavy atom. The van der Waals surface area contributed by atoms with E-state index in [0.717, 1.165) is 38.3 Å². The monoisotopic (exact) mass is 464 g/mol. The normalized spacial score (nSPS) is 13.5. The predicted octanol–water partition coefficient (Wildman–Crippen LogP) is 0.604. The Balaban J connectivity index is 0.000000350. The largest absolute Gasteiger partial charge is 0.399 e. The number of anilines is 1. The molecule has 3 aromatic rings. The summed E-state index contributed by atoms with van der Waals surface area (Å²) in [4.78, 5) is 6.78. The van der Waals surface area contributed by atoms with E-state index in [1.54, 1.807) is 0 Å². The van der Waals surface area contributed by atoms with Gasteiger partial charge in [0.2, 0.25) is 0 Å². The van der Waals surface area contributed by atoms with E-state index in [2.05, 4.69) is 32.7 Å². The van der Waals surface area contributed by atoms with E-state index in [4.69, 9.17) is 32.0 Å². The molecule has 0 bridgehead atoms. The summed E-state index contributed by atoms with van der Waals surface area (Å²) >= 11 is 0. The van der Waals surface area contributed by atoms with Crippen molar-refractivity contribution < 1.29 is 15.3 Å². The highest BCUT2D eigenvalue weighted by molar-refractivity contribution is 5.45. The Morgan fingerprint density at radius 3 is 2.32 bits per heavy atom. The van der Waals surface area contributed by atoms with E-state index in [-0.39, 0.29) is 0 Å². The molecule has 9 nitrogen and oxygen atoms in total. The smallest absolute Gasteiger partial charge is 0.0991 e. The van der Waals surface area contributed by atoms with Crippen LogP contribution in [0.1, 0.15) is 27.9 Å². The molecule has 0 saturated carbocycles. The third-order valence-electron chi connectivity index (χ3n) is 5.89. The lowest BCUT2D eigenvalue weighted by Crippen LogP contribution is -2.50. The molecule has 1 aliphatic rings. The van der Waals surface area contributed by atoms with Crippen molar-refractivity contribution >= 4 is 5.69 Å². The van der Waals surface area contributed by atoms with Crippen molar-refractivity contribution in [3.8, 4) is 6.07 Å². The highest BCUT2D eigenvalue weighted by Crippen LogP contribution is 2.23. The molecule has 0 amide bonds. The van der Waals surface area contributed by atoms with Crippen LogP contribution in [0, 0.1) is 11.3 Å². The quantitative estimate of drug-likeness (QED) is 0.318. The number of nitrogen functional groups attached to an aromatic ring is 1. The van der Waals surface area contributed by atoms with E-state index in [0.29, 0.717) is 5.56 Å². The zero-order chi connectivity index (χ0) is 24.6. The highest BCUT2D eigenvalue weighted by atomic mass is 16.3. The number of fused-ring (bicyclic) bond motifs is 1. The number of hydrogen-bond donors (Lipinski definition) is 5. The first-order valence-corrected chi connectivity index (χ1v) is 11.1. The number of nitrogens with two attached hydrogens (primary N) is 2. The molecule has 0 radical (unpaired) electrons. The van der Waals surface area contributed by atoms with Crippen molar-refractivity contribution in [2.75, 3.05) is 32.1 Å². The molecule has 0 unspecified atom stereocenters. The second-order valence-electron chi connectivity index (χ2n) is 8.65. The second-order valence-corrected chi connectivity index (χ2v) is 8.65. The summed E-state index contributed by atoms with van der Waals surface area (Å²) in [7, 11) is 0. The Labute approximate surface area is 199 Å². The molecule has 7 N–H and O–H groups in total. The van der Waals surface area contributed by atoms with Gasteiger partial charge in [0.1, 0.15) is 0 Å². The van der Waals surface area contributed by atoms with Gasteiger partial charge in [0.15, 0.2) is 0 Å². The van der Waals surface area contributed by atoms with Crippen molar-refractivity contribution in [1.29, 1.82) is 5.26 Å². The lowest BCUT2D eigenvalue weighted by Gasteiger charge is -2.29. The van der Waals surface area contributed by atoms with Gasteiger partial charge in [-0.15, -0.1) is 0 Å². The summed E-state index contributed by atoms with van der Waals surface area (Å²) in [5, 5.41) is 33.9. The van der Waals surface area contributed by atoms with Crippen LogP contribution >= 0.6 is 0 Å². The van der Waals surface area contributed by atoms with Gasteiger partial charge in [-0.25, -0.2) is 4.98 Å². The molecule has 0 aliphatic carbocycles.